The van der Waals surface area contributed by atoms with Crippen LogP contribution in [0.4, 0.5) is 0 Å². The average molecular weight is 828 g/mol. The number of rotatable bonds is 6. The zero-order chi connectivity index (χ0) is 46.7. The molecule has 13 aromatic rings. The third-order valence-electron chi connectivity index (χ3n) is 11.9. The van der Waals surface area contributed by atoms with Crippen molar-refractivity contribution >= 4 is 75.1 Å². The van der Waals surface area contributed by atoms with Gasteiger partial charge < -0.3 is 9.13 Å². The van der Waals surface area contributed by atoms with Crippen LogP contribution in [0.2, 0.25) is 0 Å². The Hall–Kier alpha value is -8.19. The van der Waals surface area contributed by atoms with Crippen molar-refractivity contribution in [2.24, 2.45) is 0 Å². The molecule has 0 fully saturated rings. The molecular formula is C57H35N5S. The first-order valence-corrected chi connectivity index (χ1v) is 21.5. The van der Waals surface area contributed by atoms with Crippen molar-refractivity contribution in [3.8, 4) is 56.7 Å². The number of hydrogen-bond acceptors (Lipinski definition) is 4. The third kappa shape index (κ3) is 5.59. The maximum Gasteiger partial charge on any atom is 0.166 e. The van der Waals surface area contributed by atoms with Crippen LogP contribution in [0.3, 0.4) is 0 Å². The molecule has 9 aromatic carbocycles. The summed E-state index contributed by atoms with van der Waals surface area (Å²) in [5.74, 6) is 1.18. The van der Waals surface area contributed by atoms with E-state index in [1.165, 1.54) is 22.2 Å². The van der Waals surface area contributed by atoms with E-state index in [4.69, 9.17) is 17.7 Å². The number of fused-ring (bicyclic) bond motifs is 9. The summed E-state index contributed by atoms with van der Waals surface area (Å²) < 4.78 is 60.8. The first-order valence-electron chi connectivity index (χ1n) is 23.7. The van der Waals surface area contributed by atoms with Crippen LogP contribution < -0.4 is 0 Å². The van der Waals surface area contributed by atoms with Gasteiger partial charge in [0.25, 0.3) is 0 Å². The third-order valence-corrected chi connectivity index (χ3v) is 13.2. The second kappa shape index (κ2) is 14.2. The van der Waals surface area contributed by atoms with Crippen molar-refractivity contribution in [2.75, 3.05) is 0 Å². The Balaban J connectivity index is 1.17. The zero-order valence-corrected chi connectivity index (χ0v) is 34.2. The minimum atomic E-state index is -0.187. The molecule has 0 radical (unpaired) electrons. The van der Waals surface area contributed by atoms with E-state index in [-0.39, 0.29) is 58.1 Å². The molecule has 5 nitrogen and oxygen atoms in total. The van der Waals surface area contributed by atoms with Crippen LogP contribution >= 0.6 is 11.3 Å². The standard InChI is InChI=1S/C57H35N5S/c1-3-17-36(18-4-1)55-58-56(46-28-16-26-44-42-23-9-11-29-48(42)61(53(44)46)38-19-5-2-6-20-38)60-57(59-55)47-35-37(39-25-15-27-45-43-24-10-14-32-52(43)63-54(39)45)33-34-51(47)62-49-30-12-7-21-40(49)41-22-8-13-31-50(41)62/h1-35H/i7D,8D,21D,22D,30D,31D. The molecule has 6 heteroatoms. The molecule has 0 aliphatic rings. The van der Waals surface area contributed by atoms with E-state index in [0.29, 0.717) is 28.7 Å². The highest BCUT2D eigenvalue weighted by Gasteiger charge is 2.23. The topological polar surface area (TPSA) is 48.5 Å². The lowest BCUT2D eigenvalue weighted by molar-refractivity contribution is 1.06. The van der Waals surface area contributed by atoms with Crippen molar-refractivity contribution in [2.45, 2.75) is 0 Å². The SMILES string of the molecule is [2H]c1cc([2H])c2c(c1[2H])c1c([2H])c([2H])cc([2H])c1n2-c1ccc(-c2cccc3c2sc2ccccc23)cc1-c1nc(-c2ccccc2)nc(-c2cccc3c4ccccc4n(-c4ccccc4)c23)n1. The van der Waals surface area contributed by atoms with Crippen LogP contribution in [-0.4, -0.2) is 24.1 Å². The van der Waals surface area contributed by atoms with Gasteiger partial charge in [0.15, 0.2) is 17.5 Å². The number of thiophene rings is 1. The molecule has 0 amide bonds. The molecule has 4 aromatic heterocycles. The Morgan fingerprint density at radius 1 is 0.397 bits per heavy atom. The van der Waals surface area contributed by atoms with E-state index in [1.807, 2.05) is 78.9 Å². The van der Waals surface area contributed by atoms with E-state index in [1.54, 1.807) is 15.9 Å². The van der Waals surface area contributed by atoms with Gasteiger partial charge in [-0.3, -0.25) is 0 Å². The fraction of sp³-hybridized carbons (Fsp3) is 0. The second-order valence-electron chi connectivity index (χ2n) is 15.5. The van der Waals surface area contributed by atoms with Crippen molar-refractivity contribution in [1.82, 2.24) is 24.1 Å². The summed E-state index contributed by atoms with van der Waals surface area (Å²) in [5, 5.41) is 4.76. The monoisotopic (exact) mass is 827 g/mol. The molecule has 0 N–H and O–H groups in total. The fourth-order valence-corrected chi connectivity index (χ4v) is 10.4. The number of nitrogens with zero attached hydrogens (tertiary/aromatic N) is 5. The van der Waals surface area contributed by atoms with Crippen molar-refractivity contribution in [3.63, 3.8) is 0 Å². The predicted octanol–water partition coefficient (Wildman–Crippen LogP) is 15.1. The first kappa shape index (κ1) is 29.9. The van der Waals surface area contributed by atoms with E-state index < -0.39 is 0 Å². The largest absolute Gasteiger partial charge is 0.309 e. The molecule has 0 spiro atoms. The van der Waals surface area contributed by atoms with E-state index in [2.05, 4.69) is 89.5 Å². The van der Waals surface area contributed by atoms with Crippen LogP contribution in [0.5, 0.6) is 0 Å². The quantitative estimate of drug-likeness (QED) is 0.168. The molecule has 0 atom stereocenters. The highest BCUT2D eigenvalue weighted by molar-refractivity contribution is 7.26. The van der Waals surface area contributed by atoms with E-state index in [9.17, 15) is 5.48 Å². The number of hydrogen-bond donors (Lipinski definition) is 0. The van der Waals surface area contributed by atoms with Crippen LogP contribution in [0.1, 0.15) is 8.22 Å². The maximum absolute atomic E-state index is 9.38. The molecule has 0 aliphatic heterocycles. The summed E-state index contributed by atoms with van der Waals surface area (Å²) in [4.78, 5) is 16.0. The van der Waals surface area contributed by atoms with Crippen LogP contribution in [0, 0.1) is 0 Å². The van der Waals surface area contributed by atoms with Crippen LogP contribution in [0.15, 0.2) is 212 Å². The molecular weight excluding hydrogens is 787 g/mol. The summed E-state index contributed by atoms with van der Waals surface area (Å²) >= 11 is 1.73. The maximum atomic E-state index is 9.38. The number of benzene rings is 9. The van der Waals surface area contributed by atoms with Gasteiger partial charge in [-0.2, -0.15) is 0 Å². The molecule has 0 saturated heterocycles. The average Bonchev–Trinajstić information content (AvgIpc) is 4.07. The van der Waals surface area contributed by atoms with Gasteiger partial charge in [0.1, 0.15) is 0 Å². The Bertz CT molecular complexity index is 4210. The van der Waals surface area contributed by atoms with Crippen molar-refractivity contribution in [3.05, 3.63) is 212 Å². The molecule has 294 valence electrons. The molecule has 63 heavy (non-hydrogen) atoms. The van der Waals surface area contributed by atoms with E-state index in [0.717, 1.165) is 59.8 Å². The van der Waals surface area contributed by atoms with Gasteiger partial charge >= 0.3 is 0 Å². The Labute approximate surface area is 374 Å². The second-order valence-corrected chi connectivity index (χ2v) is 16.5. The summed E-state index contributed by atoms with van der Waals surface area (Å²) in [7, 11) is 0. The number of para-hydroxylation sites is 5. The molecule has 13 rings (SSSR count). The van der Waals surface area contributed by atoms with Crippen LogP contribution in [0.25, 0.3) is 120 Å². The normalized spacial score (nSPS) is 13.1. The van der Waals surface area contributed by atoms with Gasteiger partial charge in [0.05, 0.1) is 36.0 Å². The summed E-state index contributed by atoms with van der Waals surface area (Å²) in [6.07, 6.45) is 0. The highest BCUT2D eigenvalue weighted by atomic mass is 32.1. The molecule has 0 bridgehead atoms. The lowest BCUT2D eigenvalue weighted by Crippen LogP contribution is -2.05. The van der Waals surface area contributed by atoms with Gasteiger partial charge in [-0.25, -0.2) is 15.0 Å². The molecule has 0 saturated carbocycles. The van der Waals surface area contributed by atoms with Gasteiger partial charge in [0, 0.05) is 64.1 Å². The summed E-state index contributed by atoms with van der Waals surface area (Å²) in [6.45, 7) is 0. The van der Waals surface area contributed by atoms with Crippen molar-refractivity contribution < 1.29 is 8.22 Å². The zero-order valence-electron chi connectivity index (χ0n) is 39.4. The van der Waals surface area contributed by atoms with E-state index >= 15 is 0 Å². The number of aromatic nitrogens is 5. The molecule has 4 heterocycles. The highest BCUT2D eigenvalue weighted by Crippen LogP contribution is 2.44. The van der Waals surface area contributed by atoms with Crippen LogP contribution in [-0.2, 0) is 0 Å². The molecule has 0 aliphatic carbocycles. The smallest absolute Gasteiger partial charge is 0.166 e. The Kier molecular flexibility index (Phi) is 6.75. The lowest BCUT2D eigenvalue weighted by atomic mass is 9.99. The van der Waals surface area contributed by atoms with Gasteiger partial charge in [-0.05, 0) is 65.7 Å². The first-order chi connectivity index (χ1) is 33.7. The minimum Gasteiger partial charge on any atom is -0.309 e. The minimum absolute atomic E-state index is 0.0562. The molecule has 0 unspecified atom stereocenters. The summed E-state index contributed by atoms with van der Waals surface area (Å²) in [5.41, 5.74) is 7.90. The van der Waals surface area contributed by atoms with Gasteiger partial charge in [-0.15, -0.1) is 11.3 Å². The Morgan fingerprint density at radius 3 is 1.79 bits per heavy atom. The fourth-order valence-electron chi connectivity index (χ4n) is 9.18. The lowest BCUT2D eigenvalue weighted by Gasteiger charge is -2.17. The van der Waals surface area contributed by atoms with Crippen molar-refractivity contribution in [1.29, 1.82) is 0 Å². The predicted molar refractivity (Wildman–Crippen MR) is 263 cm³/mol. The summed E-state index contributed by atoms with van der Waals surface area (Å²) in [6, 6.07) is 57.1. The Morgan fingerprint density at radius 2 is 1.02 bits per heavy atom. The van der Waals surface area contributed by atoms with Gasteiger partial charge in [-0.1, -0.05) is 158 Å². The van der Waals surface area contributed by atoms with Gasteiger partial charge in [0.2, 0.25) is 0 Å².